The molecule has 1 aromatic heterocycles. The topological polar surface area (TPSA) is 65.5 Å². The van der Waals surface area contributed by atoms with E-state index in [1.165, 1.54) is 0 Å². The molecule has 0 aliphatic carbocycles. The van der Waals surface area contributed by atoms with E-state index in [4.69, 9.17) is 0 Å². The van der Waals surface area contributed by atoms with E-state index in [0.29, 0.717) is 18.8 Å². The van der Waals surface area contributed by atoms with Gasteiger partial charge in [-0.05, 0) is 43.2 Å². The van der Waals surface area contributed by atoms with Crippen molar-refractivity contribution in [2.24, 2.45) is 0 Å². The van der Waals surface area contributed by atoms with Gasteiger partial charge in [0.25, 0.3) is 0 Å². The average Bonchev–Trinajstić information content (AvgIpc) is 2.51. The van der Waals surface area contributed by atoms with Crippen molar-refractivity contribution in [3.05, 3.63) is 54.4 Å². The molecule has 0 radical (unpaired) electrons. The Kier molecular flexibility index (Phi) is 5.15. The number of amides is 2. The van der Waals surface area contributed by atoms with Gasteiger partial charge in [0.05, 0.1) is 5.69 Å². The number of aromatic hydroxyl groups is 1. The number of nitrogens with zero attached hydrogens (tertiary/aromatic N) is 2. The number of para-hydroxylation sites is 2. The molecule has 21 heavy (non-hydrogen) atoms. The summed E-state index contributed by atoms with van der Waals surface area (Å²) >= 11 is 0. The summed E-state index contributed by atoms with van der Waals surface area (Å²) in [7, 11) is 0. The van der Waals surface area contributed by atoms with Gasteiger partial charge in [0.15, 0.2) is 0 Å². The molecule has 2 amide bonds. The second-order valence-electron chi connectivity index (χ2n) is 4.63. The summed E-state index contributed by atoms with van der Waals surface area (Å²) in [5, 5.41) is 12.4. The van der Waals surface area contributed by atoms with Gasteiger partial charge in [0.1, 0.15) is 5.75 Å². The number of hydrogen-bond donors (Lipinski definition) is 2. The summed E-state index contributed by atoms with van der Waals surface area (Å²) in [4.78, 5) is 17.9. The first kappa shape index (κ1) is 14.8. The monoisotopic (exact) mass is 285 g/mol. The number of carbonyl (C=O) groups excluding carboxylic acids is 1. The van der Waals surface area contributed by atoms with Gasteiger partial charge >= 0.3 is 6.03 Å². The first-order valence-corrected chi connectivity index (χ1v) is 6.93. The molecule has 0 bridgehead atoms. The molecule has 0 saturated heterocycles. The number of rotatable bonds is 5. The fourth-order valence-corrected chi connectivity index (χ4v) is 1.99. The number of aromatic nitrogens is 1. The van der Waals surface area contributed by atoms with Gasteiger partial charge in [0, 0.05) is 25.5 Å². The lowest BCUT2D eigenvalue weighted by molar-refractivity contribution is 0.215. The van der Waals surface area contributed by atoms with E-state index in [1.54, 1.807) is 41.6 Å². The summed E-state index contributed by atoms with van der Waals surface area (Å²) in [6.07, 6.45) is 4.26. The van der Waals surface area contributed by atoms with E-state index in [2.05, 4.69) is 10.3 Å². The smallest absolute Gasteiger partial charge is 0.321 e. The van der Waals surface area contributed by atoms with E-state index < -0.39 is 0 Å². The zero-order chi connectivity index (χ0) is 15.1. The van der Waals surface area contributed by atoms with Crippen molar-refractivity contribution >= 4 is 11.7 Å². The normalized spacial score (nSPS) is 10.1. The maximum atomic E-state index is 12.2. The van der Waals surface area contributed by atoms with Crippen LogP contribution in [0.1, 0.15) is 12.5 Å². The molecule has 1 heterocycles. The highest BCUT2D eigenvalue weighted by Crippen LogP contribution is 2.21. The van der Waals surface area contributed by atoms with Crippen LogP contribution in [0.2, 0.25) is 0 Å². The molecule has 2 rings (SSSR count). The molecular weight excluding hydrogens is 266 g/mol. The largest absolute Gasteiger partial charge is 0.506 e. The molecule has 110 valence electrons. The Morgan fingerprint density at radius 2 is 1.95 bits per heavy atom. The van der Waals surface area contributed by atoms with Crippen LogP contribution in [-0.2, 0) is 6.42 Å². The van der Waals surface area contributed by atoms with Crippen LogP contribution in [0.3, 0.4) is 0 Å². The second kappa shape index (κ2) is 7.28. The Balaban J connectivity index is 1.94. The highest BCUT2D eigenvalue weighted by Gasteiger charge is 2.13. The Labute approximate surface area is 124 Å². The maximum absolute atomic E-state index is 12.2. The van der Waals surface area contributed by atoms with Crippen LogP contribution >= 0.6 is 0 Å². The fraction of sp³-hybridized carbons (Fsp3) is 0.250. The quantitative estimate of drug-likeness (QED) is 0.830. The summed E-state index contributed by atoms with van der Waals surface area (Å²) < 4.78 is 0. The first-order chi connectivity index (χ1) is 10.2. The van der Waals surface area contributed by atoms with Crippen molar-refractivity contribution in [2.45, 2.75) is 13.3 Å². The van der Waals surface area contributed by atoms with Crippen LogP contribution in [0.25, 0.3) is 0 Å². The summed E-state index contributed by atoms with van der Waals surface area (Å²) in [5.41, 5.74) is 1.56. The van der Waals surface area contributed by atoms with Gasteiger partial charge in [-0.1, -0.05) is 12.1 Å². The maximum Gasteiger partial charge on any atom is 0.321 e. The molecule has 2 N–H and O–H groups in total. The van der Waals surface area contributed by atoms with E-state index in [9.17, 15) is 9.90 Å². The van der Waals surface area contributed by atoms with Crippen LogP contribution in [0.4, 0.5) is 10.5 Å². The molecule has 2 aromatic rings. The fourth-order valence-electron chi connectivity index (χ4n) is 1.99. The number of hydrogen-bond acceptors (Lipinski definition) is 3. The lowest BCUT2D eigenvalue weighted by atomic mass is 10.2. The summed E-state index contributed by atoms with van der Waals surface area (Å²) in [6.45, 7) is 3.14. The van der Waals surface area contributed by atoms with Crippen molar-refractivity contribution in [1.82, 2.24) is 9.88 Å². The standard InChI is InChI=1S/C16H19N3O2/c1-2-19(12-9-13-7-10-17-11-8-13)16(21)18-14-5-3-4-6-15(14)20/h3-8,10-11,20H,2,9,12H2,1H3,(H,18,21). The summed E-state index contributed by atoms with van der Waals surface area (Å²) in [6, 6.07) is 10.4. The Morgan fingerprint density at radius 3 is 2.62 bits per heavy atom. The third-order valence-corrected chi connectivity index (χ3v) is 3.23. The Hall–Kier alpha value is -2.56. The second-order valence-corrected chi connectivity index (χ2v) is 4.63. The minimum Gasteiger partial charge on any atom is -0.506 e. The van der Waals surface area contributed by atoms with Gasteiger partial charge in [-0.15, -0.1) is 0 Å². The molecule has 0 saturated carbocycles. The van der Waals surface area contributed by atoms with Crippen LogP contribution < -0.4 is 5.32 Å². The van der Waals surface area contributed by atoms with Crippen molar-refractivity contribution in [1.29, 1.82) is 0 Å². The highest BCUT2D eigenvalue weighted by molar-refractivity contribution is 5.90. The van der Waals surface area contributed by atoms with Crippen LogP contribution in [0.15, 0.2) is 48.8 Å². The molecule has 0 aliphatic rings. The molecule has 0 fully saturated rings. The minimum atomic E-state index is -0.215. The van der Waals surface area contributed by atoms with Crippen molar-refractivity contribution in [2.75, 3.05) is 18.4 Å². The molecule has 5 nitrogen and oxygen atoms in total. The molecule has 0 spiro atoms. The van der Waals surface area contributed by atoms with E-state index in [1.807, 2.05) is 19.1 Å². The number of anilines is 1. The molecule has 0 aliphatic heterocycles. The van der Waals surface area contributed by atoms with Crippen LogP contribution in [0.5, 0.6) is 5.75 Å². The highest BCUT2D eigenvalue weighted by atomic mass is 16.3. The van der Waals surface area contributed by atoms with Gasteiger partial charge in [-0.2, -0.15) is 0 Å². The molecular formula is C16H19N3O2. The van der Waals surface area contributed by atoms with Crippen molar-refractivity contribution in [3.8, 4) is 5.75 Å². The average molecular weight is 285 g/mol. The number of pyridine rings is 1. The number of urea groups is 1. The number of carbonyl (C=O) groups is 1. The number of likely N-dealkylation sites (N-methyl/N-ethyl adjacent to an activating group) is 1. The molecule has 0 unspecified atom stereocenters. The van der Waals surface area contributed by atoms with Gasteiger partial charge in [-0.25, -0.2) is 4.79 Å². The summed E-state index contributed by atoms with van der Waals surface area (Å²) in [5.74, 6) is 0.0658. The predicted molar refractivity (Wildman–Crippen MR) is 82.3 cm³/mol. The van der Waals surface area contributed by atoms with Crippen molar-refractivity contribution < 1.29 is 9.90 Å². The lowest BCUT2D eigenvalue weighted by Crippen LogP contribution is -2.36. The zero-order valence-electron chi connectivity index (χ0n) is 12.0. The molecule has 1 aromatic carbocycles. The van der Waals surface area contributed by atoms with Crippen LogP contribution in [0, 0.1) is 0 Å². The third kappa shape index (κ3) is 4.21. The van der Waals surface area contributed by atoms with Gasteiger partial charge < -0.3 is 15.3 Å². The zero-order valence-corrected chi connectivity index (χ0v) is 12.0. The number of benzene rings is 1. The van der Waals surface area contributed by atoms with Crippen LogP contribution in [-0.4, -0.2) is 34.1 Å². The molecule has 5 heteroatoms. The number of phenols is 1. The van der Waals surface area contributed by atoms with Gasteiger partial charge in [-0.3, -0.25) is 4.98 Å². The SMILES string of the molecule is CCN(CCc1ccncc1)C(=O)Nc1ccccc1O. The third-order valence-electron chi connectivity index (χ3n) is 3.23. The minimum absolute atomic E-state index is 0.0658. The Bertz CT molecular complexity index is 587. The lowest BCUT2D eigenvalue weighted by Gasteiger charge is -2.21. The first-order valence-electron chi connectivity index (χ1n) is 6.93. The Morgan fingerprint density at radius 1 is 1.24 bits per heavy atom. The van der Waals surface area contributed by atoms with E-state index in [0.717, 1.165) is 12.0 Å². The predicted octanol–water partition coefficient (Wildman–Crippen LogP) is 2.88. The van der Waals surface area contributed by atoms with E-state index >= 15 is 0 Å². The number of phenolic OH excluding ortho intramolecular Hbond substituents is 1. The van der Waals surface area contributed by atoms with E-state index in [-0.39, 0.29) is 11.8 Å². The number of nitrogens with one attached hydrogen (secondary N) is 1. The van der Waals surface area contributed by atoms with Crippen molar-refractivity contribution in [3.63, 3.8) is 0 Å². The molecule has 0 atom stereocenters. The van der Waals surface area contributed by atoms with Gasteiger partial charge in [0.2, 0.25) is 0 Å².